The Hall–Kier alpha value is -2.84. The Bertz CT molecular complexity index is 1340. The first-order valence-electron chi connectivity index (χ1n) is 11.1. The number of hydrogen-bond acceptors (Lipinski definition) is 5. The largest absolute Gasteiger partial charge is 0.378 e. The molecule has 0 bridgehead atoms. The van der Waals surface area contributed by atoms with Crippen LogP contribution in [0.4, 0.5) is 0 Å². The average molecular weight is 525 g/mol. The number of hydrogen-bond donors (Lipinski definition) is 0. The van der Waals surface area contributed by atoms with Crippen LogP contribution in [-0.2, 0) is 10.5 Å². The number of nitrogens with zero attached hydrogens (tertiary/aromatic N) is 4. The van der Waals surface area contributed by atoms with Crippen molar-refractivity contribution in [1.29, 1.82) is 0 Å². The van der Waals surface area contributed by atoms with Gasteiger partial charge in [0.25, 0.3) is 5.91 Å². The Labute approximate surface area is 217 Å². The number of carbonyl (C=O) groups excluding carboxylic acids is 1. The minimum absolute atomic E-state index is 0.0394. The van der Waals surface area contributed by atoms with Gasteiger partial charge in [-0.1, -0.05) is 65.3 Å². The third-order valence-corrected chi connectivity index (χ3v) is 7.25. The molecule has 9 heteroatoms. The number of halogens is 2. The molecular weight excluding hydrogens is 503 g/mol. The van der Waals surface area contributed by atoms with Crippen LogP contribution in [0.5, 0.6) is 0 Å². The van der Waals surface area contributed by atoms with E-state index in [0.717, 1.165) is 22.0 Å². The van der Waals surface area contributed by atoms with Crippen molar-refractivity contribution >= 4 is 40.9 Å². The second-order valence-corrected chi connectivity index (χ2v) is 9.78. The summed E-state index contributed by atoms with van der Waals surface area (Å²) in [5.74, 6) is 1.34. The second-order valence-electron chi connectivity index (χ2n) is 7.99. The summed E-state index contributed by atoms with van der Waals surface area (Å²) in [6.07, 6.45) is 0. The van der Waals surface area contributed by atoms with Crippen LogP contribution in [0.2, 0.25) is 10.0 Å². The van der Waals surface area contributed by atoms with Crippen LogP contribution in [0.3, 0.4) is 0 Å². The van der Waals surface area contributed by atoms with E-state index in [0.29, 0.717) is 53.5 Å². The Morgan fingerprint density at radius 1 is 0.943 bits per heavy atom. The smallest absolute Gasteiger partial charge is 0.254 e. The normalized spacial score (nSPS) is 13.7. The summed E-state index contributed by atoms with van der Waals surface area (Å²) in [5, 5.41) is 10.9. The Balaban J connectivity index is 1.39. The Morgan fingerprint density at radius 3 is 2.46 bits per heavy atom. The van der Waals surface area contributed by atoms with Crippen molar-refractivity contribution in [2.24, 2.45) is 0 Å². The SMILES string of the molecule is O=C(c1ccc(CSc2nnc(-c3ccccc3Cl)n2-c2cccc(Cl)c2)cc1)N1CCOCC1. The highest BCUT2D eigenvalue weighted by Gasteiger charge is 2.20. The lowest BCUT2D eigenvalue weighted by atomic mass is 10.1. The van der Waals surface area contributed by atoms with E-state index in [1.807, 2.05) is 82.3 Å². The van der Waals surface area contributed by atoms with E-state index in [2.05, 4.69) is 10.2 Å². The average Bonchev–Trinajstić information content (AvgIpc) is 3.32. The number of ether oxygens (including phenoxy) is 1. The maximum Gasteiger partial charge on any atom is 0.254 e. The van der Waals surface area contributed by atoms with Gasteiger partial charge in [-0.05, 0) is 48.0 Å². The van der Waals surface area contributed by atoms with Gasteiger partial charge in [0, 0.05) is 35.0 Å². The van der Waals surface area contributed by atoms with Gasteiger partial charge in [-0.2, -0.15) is 0 Å². The first-order valence-corrected chi connectivity index (χ1v) is 12.9. The van der Waals surface area contributed by atoms with Crippen molar-refractivity contribution in [3.8, 4) is 17.1 Å². The van der Waals surface area contributed by atoms with E-state index < -0.39 is 0 Å². The number of benzene rings is 3. The standard InChI is InChI=1S/C26H22Cl2N4O2S/c27-20-4-3-5-21(16-20)32-24(22-6-1-2-7-23(22)28)29-30-26(32)35-17-18-8-10-19(11-9-18)25(33)31-12-14-34-15-13-31/h1-11,16H,12-15,17H2. The summed E-state index contributed by atoms with van der Waals surface area (Å²) in [4.78, 5) is 14.5. The second kappa shape index (κ2) is 10.8. The van der Waals surface area contributed by atoms with E-state index in [9.17, 15) is 4.79 Å². The highest BCUT2D eigenvalue weighted by molar-refractivity contribution is 7.98. The molecule has 6 nitrogen and oxygen atoms in total. The summed E-state index contributed by atoms with van der Waals surface area (Å²) < 4.78 is 7.31. The van der Waals surface area contributed by atoms with Crippen molar-refractivity contribution in [2.45, 2.75) is 10.9 Å². The highest BCUT2D eigenvalue weighted by atomic mass is 35.5. The molecule has 0 spiro atoms. The van der Waals surface area contributed by atoms with Crippen molar-refractivity contribution in [3.63, 3.8) is 0 Å². The third-order valence-electron chi connectivity index (χ3n) is 5.68. The van der Waals surface area contributed by atoms with Crippen molar-refractivity contribution < 1.29 is 9.53 Å². The molecule has 1 amide bonds. The molecule has 178 valence electrons. The molecule has 0 atom stereocenters. The monoisotopic (exact) mass is 524 g/mol. The third kappa shape index (κ3) is 5.38. The number of rotatable bonds is 6. The minimum atomic E-state index is 0.0394. The summed E-state index contributed by atoms with van der Waals surface area (Å²) >= 11 is 14.3. The van der Waals surface area contributed by atoms with Gasteiger partial charge in [0.1, 0.15) is 0 Å². The van der Waals surface area contributed by atoms with E-state index in [1.165, 1.54) is 0 Å². The van der Waals surface area contributed by atoms with Gasteiger partial charge in [0.15, 0.2) is 11.0 Å². The van der Waals surface area contributed by atoms with Crippen LogP contribution in [0, 0.1) is 0 Å². The summed E-state index contributed by atoms with van der Waals surface area (Å²) in [6, 6.07) is 22.9. The summed E-state index contributed by atoms with van der Waals surface area (Å²) in [7, 11) is 0. The molecule has 1 aliphatic rings. The molecule has 5 rings (SSSR count). The maximum atomic E-state index is 12.7. The molecule has 3 aromatic carbocycles. The van der Waals surface area contributed by atoms with Gasteiger partial charge in [-0.3, -0.25) is 9.36 Å². The van der Waals surface area contributed by atoms with Crippen LogP contribution >= 0.6 is 35.0 Å². The highest BCUT2D eigenvalue weighted by Crippen LogP contribution is 2.33. The lowest BCUT2D eigenvalue weighted by Gasteiger charge is -2.26. The molecule has 35 heavy (non-hydrogen) atoms. The van der Waals surface area contributed by atoms with E-state index in [-0.39, 0.29) is 5.91 Å². The van der Waals surface area contributed by atoms with Gasteiger partial charge in [0.05, 0.1) is 23.9 Å². The molecule has 1 fully saturated rings. The van der Waals surface area contributed by atoms with Crippen LogP contribution in [-0.4, -0.2) is 51.9 Å². The van der Waals surface area contributed by atoms with Crippen molar-refractivity contribution in [2.75, 3.05) is 26.3 Å². The van der Waals surface area contributed by atoms with Crippen molar-refractivity contribution in [1.82, 2.24) is 19.7 Å². The summed E-state index contributed by atoms with van der Waals surface area (Å²) in [5.41, 5.74) is 3.41. The van der Waals surface area contributed by atoms with Crippen LogP contribution in [0.1, 0.15) is 15.9 Å². The molecule has 0 radical (unpaired) electrons. The van der Waals surface area contributed by atoms with Crippen LogP contribution < -0.4 is 0 Å². The van der Waals surface area contributed by atoms with E-state index >= 15 is 0 Å². The number of aromatic nitrogens is 3. The first kappa shape index (κ1) is 23.9. The molecule has 0 saturated carbocycles. The van der Waals surface area contributed by atoms with E-state index in [1.54, 1.807) is 11.8 Å². The summed E-state index contributed by atoms with van der Waals surface area (Å²) in [6.45, 7) is 2.43. The zero-order valence-electron chi connectivity index (χ0n) is 18.7. The number of morpholine rings is 1. The van der Waals surface area contributed by atoms with Gasteiger partial charge in [-0.25, -0.2) is 0 Å². The maximum absolute atomic E-state index is 12.7. The Morgan fingerprint density at radius 2 is 1.71 bits per heavy atom. The molecule has 0 N–H and O–H groups in total. The zero-order valence-corrected chi connectivity index (χ0v) is 21.1. The predicted molar refractivity (Wildman–Crippen MR) is 140 cm³/mol. The number of thioether (sulfide) groups is 1. The predicted octanol–water partition coefficient (Wildman–Crippen LogP) is 6.01. The van der Waals surface area contributed by atoms with Crippen LogP contribution in [0.25, 0.3) is 17.1 Å². The molecule has 0 unspecified atom stereocenters. The van der Waals surface area contributed by atoms with Gasteiger partial charge < -0.3 is 9.64 Å². The molecule has 1 aromatic heterocycles. The Kier molecular flexibility index (Phi) is 7.39. The quantitative estimate of drug-likeness (QED) is 0.289. The van der Waals surface area contributed by atoms with Crippen LogP contribution in [0.15, 0.2) is 78.0 Å². The minimum Gasteiger partial charge on any atom is -0.378 e. The number of amides is 1. The molecule has 4 aromatic rings. The lowest BCUT2D eigenvalue weighted by molar-refractivity contribution is 0.0303. The van der Waals surface area contributed by atoms with Gasteiger partial charge >= 0.3 is 0 Å². The van der Waals surface area contributed by atoms with Gasteiger partial charge in [0.2, 0.25) is 0 Å². The van der Waals surface area contributed by atoms with Gasteiger partial charge in [-0.15, -0.1) is 10.2 Å². The molecule has 0 aliphatic carbocycles. The molecular formula is C26H22Cl2N4O2S. The fourth-order valence-electron chi connectivity index (χ4n) is 3.87. The molecule has 1 aliphatic heterocycles. The topological polar surface area (TPSA) is 60.2 Å². The lowest BCUT2D eigenvalue weighted by Crippen LogP contribution is -2.40. The fourth-order valence-corrected chi connectivity index (χ4v) is 5.18. The first-order chi connectivity index (χ1) is 17.1. The molecule has 1 saturated heterocycles. The fraction of sp³-hybridized carbons (Fsp3) is 0.192. The molecule has 2 heterocycles. The van der Waals surface area contributed by atoms with Crippen molar-refractivity contribution in [3.05, 3.63) is 94.0 Å². The zero-order chi connectivity index (χ0) is 24.2. The number of carbonyl (C=O) groups is 1. The van der Waals surface area contributed by atoms with E-state index in [4.69, 9.17) is 27.9 Å².